The Morgan fingerprint density at radius 2 is 2.15 bits per heavy atom. The molecule has 0 aliphatic carbocycles. The molecule has 0 saturated carbocycles. The predicted molar refractivity (Wildman–Crippen MR) is 97.4 cm³/mol. The zero-order valence-corrected chi connectivity index (χ0v) is 15.0. The Hall–Kier alpha value is -2.77. The number of aromatic nitrogens is 3. The summed E-state index contributed by atoms with van der Waals surface area (Å²) in [4.78, 5) is 4.65. The van der Waals surface area contributed by atoms with Crippen LogP contribution in [0, 0.1) is 0 Å². The molecule has 0 unspecified atom stereocenters. The molecular formula is C18H24N6O2. The van der Waals surface area contributed by atoms with Gasteiger partial charge in [-0.1, -0.05) is 6.07 Å². The molecule has 0 fully saturated rings. The van der Waals surface area contributed by atoms with Gasteiger partial charge in [0.2, 0.25) is 6.79 Å². The third kappa shape index (κ3) is 3.58. The zero-order chi connectivity index (χ0) is 17.8. The van der Waals surface area contributed by atoms with Gasteiger partial charge in [-0.3, -0.25) is 0 Å². The van der Waals surface area contributed by atoms with Crippen molar-refractivity contribution in [2.45, 2.75) is 39.3 Å². The van der Waals surface area contributed by atoms with Gasteiger partial charge in [0.15, 0.2) is 23.3 Å². The van der Waals surface area contributed by atoms with Crippen molar-refractivity contribution in [3.8, 4) is 11.5 Å². The maximum absolute atomic E-state index is 5.43. The molecule has 8 heteroatoms. The zero-order valence-electron chi connectivity index (χ0n) is 15.0. The Morgan fingerprint density at radius 1 is 1.23 bits per heavy atom. The van der Waals surface area contributed by atoms with E-state index in [0.717, 1.165) is 68.0 Å². The molecule has 1 aromatic heterocycles. The van der Waals surface area contributed by atoms with Crippen LogP contribution in [0.1, 0.15) is 30.6 Å². The minimum Gasteiger partial charge on any atom is -0.454 e. The summed E-state index contributed by atoms with van der Waals surface area (Å²) in [6.07, 6.45) is 3.04. The summed E-state index contributed by atoms with van der Waals surface area (Å²) in [6.45, 7) is 5.50. The Kier molecular flexibility index (Phi) is 4.90. The molecule has 8 nitrogen and oxygen atoms in total. The van der Waals surface area contributed by atoms with E-state index in [-0.39, 0.29) is 0 Å². The number of guanidine groups is 1. The molecule has 0 radical (unpaired) electrons. The number of rotatable bonds is 6. The van der Waals surface area contributed by atoms with Crippen LogP contribution in [0.25, 0.3) is 0 Å². The lowest BCUT2D eigenvalue weighted by molar-refractivity contribution is 0.174. The number of nitrogens with one attached hydrogen (secondary N) is 2. The Labute approximate surface area is 152 Å². The molecule has 1 aromatic carbocycles. The SMILES string of the molecule is CCNC(=NCc1nnc2n1CCC2)NCCc1ccc2c(c1)OCO2. The lowest BCUT2D eigenvalue weighted by atomic mass is 10.1. The van der Waals surface area contributed by atoms with Gasteiger partial charge in [-0.15, -0.1) is 10.2 Å². The minimum absolute atomic E-state index is 0.306. The van der Waals surface area contributed by atoms with E-state index in [1.165, 1.54) is 5.56 Å². The number of benzene rings is 1. The number of fused-ring (bicyclic) bond motifs is 2. The Balaban J connectivity index is 1.33. The van der Waals surface area contributed by atoms with E-state index in [4.69, 9.17) is 9.47 Å². The first-order chi connectivity index (χ1) is 12.8. The molecular weight excluding hydrogens is 332 g/mol. The van der Waals surface area contributed by atoms with Crippen LogP contribution in [-0.2, 0) is 25.9 Å². The third-order valence-corrected chi connectivity index (χ3v) is 4.55. The maximum Gasteiger partial charge on any atom is 0.231 e. The van der Waals surface area contributed by atoms with Gasteiger partial charge in [0.05, 0.1) is 0 Å². The van der Waals surface area contributed by atoms with E-state index in [1.54, 1.807) is 0 Å². The highest BCUT2D eigenvalue weighted by Gasteiger charge is 2.17. The average Bonchev–Trinajstić information content (AvgIpc) is 3.36. The third-order valence-electron chi connectivity index (χ3n) is 4.55. The lowest BCUT2D eigenvalue weighted by Crippen LogP contribution is -2.38. The standard InChI is InChI=1S/C18H24N6O2/c1-2-19-18(21-11-17-23-22-16-4-3-9-24(16)17)20-8-7-13-5-6-14-15(10-13)26-12-25-14/h5-6,10H,2-4,7-9,11-12H2,1H3,(H2,19,20,21). The van der Waals surface area contributed by atoms with Crippen molar-refractivity contribution in [2.24, 2.45) is 4.99 Å². The van der Waals surface area contributed by atoms with Crippen molar-refractivity contribution in [2.75, 3.05) is 19.9 Å². The quantitative estimate of drug-likeness (QED) is 0.599. The van der Waals surface area contributed by atoms with Crippen LogP contribution in [0.4, 0.5) is 0 Å². The summed E-state index contributed by atoms with van der Waals surface area (Å²) in [7, 11) is 0. The van der Waals surface area contributed by atoms with Crippen LogP contribution in [0.5, 0.6) is 11.5 Å². The van der Waals surface area contributed by atoms with Crippen molar-refractivity contribution < 1.29 is 9.47 Å². The summed E-state index contributed by atoms with van der Waals surface area (Å²) >= 11 is 0. The summed E-state index contributed by atoms with van der Waals surface area (Å²) in [5, 5.41) is 15.1. The fraction of sp³-hybridized carbons (Fsp3) is 0.500. The minimum atomic E-state index is 0.306. The fourth-order valence-electron chi connectivity index (χ4n) is 3.24. The fourth-order valence-corrected chi connectivity index (χ4v) is 3.24. The van der Waals surface area contributed by atoms with Gasteiger partial charge in [-0.05, 0) is 37.5 Å². The summed E-state index contributed by atoms with van der Waals surface area (Å²) < 4.78 is 13.0. The number of aryl methyl sites for hydroxylation is 1. The maximum atomic E-state index is 5.43. The van der Waals surface area contributed by atoms with Gasteiger partial charge in [0, 0.05) is 26.1 Å². The summed E-state index contributed by atoms with van der Waals surface area (Å²) in [6, 6.07) is 6.06. The average molecular weight is 356 g/mol. The monoisotopic (exact) mass is 356 g/mol. The first kappa shape index (κ1) is 16.7. The van der Waals surface area contributed by atoms with E-state index in [2.05, 4.69) is 43.4 Å². The van der Waals surface area contributed by atoms with Crippen molar-refractivity contribution in [3.05, 3.63) is 35.4 Å². The van der Waals surface area contributed by atoms with Gasteiger partial charge in [0.1, 0.15) is 12.4 Å². The van der Waals surface area contributed by atoms with E-state index in [1.807, 2.05) is 12.1 Å². The molecule has 138 valence electrons. The molecule has 0 atom stereocenters. The lowest BCUT2D eigenvalue weighted by Gasteiger charge is -2.11. The van der Waals surface area contributed by atoms with Crippen molar-refractivity contribution >= 4 is 5.96 Å². The van der Waals surface area contributed by atoms with E-state index >= 15 is 0 Å². The molecule has 0 spiro atoms. The van der Waals surface area contributed by atoms with Gasteiger partial charge < -0.3 is 24.7 Å². The Morgan fingerprint density at radius 3 is 3.08 bits per heavy atom. The largest absolute Gasteiger partial charge is 0.454 e. The van der Waals surface area contributed by atoms with Gasteiger partial charge in [0.25, 0.3) is 0 Å². The van der Waals surface area contributed by atoms with Crippen LogP contribution in [0.15, 0.2) is 23.2 Å². The first-order valence-electron chi connectivity index (χ1n) is 9.15. The molecule has 0 saturated heterocycles. The summed E-state index contributed by atoms with van der Waals surface area (Å²) in [5.41, 5.74) is 1.20. The van der Waals surface area contributed by atoms with Gasteiger partial charge in [-0.2, -0.15) is 0 Å². The topological polar surface area (TPSA) is 85.6 Å². The molecule has 4 rings (SSSR count). The highest BCUT2D eigenvalue weighted by atomic mass is 16.7. The number of aliphatic imine (C=N–C) groups is 1. The van der Waals surface area contributed by atoms with Crippen LogP contribution >= 0.6 is 0 Å². The Bertz CT molecular complexity index is 801. The van der Waals surface area contributed by atoms with Crippen molar-refractivity contribution in [1.29, 1.82) is 0 Å². The van der Waals surface area contributed by atoms with E-state index in [0.29, 0.717) is 13.3 Å². The molecule has 2 aliphatic rings. The van der Waals surface area contributed by atoms with Crippen LogP contribution < -0.4 is 20.1 Å². The van der Waals surface area contributed by atoms with Crippen LogP contribution in [0.3, 0.4) is 0 Å². The molecule has 2 N–H and O–H groups in total. The van der Waals surface area contributed by atoms with Crippen molar-refractivity contribution in [3.63, 3.8) is 0 Å². The molecule has 2 aliphatic heterocycles. The predicted octanol–water partition coefficient (Wildman–Crippen LogP) is 1.25. The molecule has 3 heterocycles. The highest BCUT2D eigenvalue weighted by Crippen LogP contribution is 2.32. The second-order valence-corrected chi connectivity index (χ2v) is 6.35. The first-order valence-corrected chi connectivity index (χ1v) is 9.15. The van der Waals surface area contributed by atoms with Crippen molar-refractivity contribution in [1.82, 2.24) is 25.4 Å². The van der Waals surface area contributed by atoms with E-state index in [9.17, 15) is 0 Å². The van der Waals surface area contributed by atoms with Crippen LogP contribution in [-0.4, -0.2) is 40.6 Å². The van der Waals surface area contributed by atoms with Crippen LogP contribution in [0.2, 0.25) is 0 Å². The van der Waals surface area contributed by atoms with E-state index < -0.39 is 0 Å². The normalized spacial score (nSPS) is 15.2. The number of nitrogens with zero attached hydrogens (tertiary/aromatic N) is 4. The smallest absolute Gasteiger partial charge is 0.231 e. The van der Waals surface area contributed by atoms with Gasteiger partial charge in [-0.25, -0.2) is 4.99 Å². The number of hydrogen-bond acceptors (Lipinski definition) is 5. The molecule has 26 heavy (non-hydrogen) atoms. The summed E-state index contributed by atoms with van der Waals surface area (Å²) in [5.74, 6) is 4.45. The number of ether oxygens (including phenoxy) is 2. The molecule has 2 aromatic rings. The highest BCUT2D eigenvalue weighted by molar-refractivity contribution is 5.79. The molecule has 0 bridgehead atoms. The second-order valence-electron chi connectivity index (χ2n) is 6.35. The molecule has 0 amide bonds. The van der Waals surface area contributed by atoms with Gasteiger partial charge >= 0.3 is 0 Å². The second kappa shape index (κ2) is 7.63. The number of hydrogen-bond donors (Lipinski definition) is 2.